The number of rotatable bonds is 5. The molecule has 0 bridgehead atoms. The maximum Gasteiger partial charge on any atom is 0.328 e. The molecule has 1 saturated carbocycles. The number of carbonyl (C=O) groups is 2. The van der Waals surface area contributed by atoms with Crippen molar-refractivity contribution >= 4 is 11.9 Å². The van der Waals surface area contributed by atoms with Gasteiger partial charge in [-0.3, -0.25) is 4.79 Å². The third-order valence-corrected chi connectivity index (χ3v) is 3.92. The van der Waals surface area contributed by atoms with Gasteiger partial charge in [-0.15, -0.1) is 0 Å². The largest absolute Gasteiger partial charge is 0.467 e. The topological polar surface area (TPSA) is 46.6 Å². The molecule has 108 valence electrons. The average Bonchev–Trinajstić information content (AvgIpc) is 3.20. The second-order valence-corrected chi connectivity index (χ2v) is 5.47. The second kappa shape index (κ2) is 6.07. The highest BCUT2D eigenvalue weighted by Crippen LogP contribution is 2.39. The van der Waals surface area contributed by atoms with Gasteiger partial charge in [0.1, 0.15) is 6.04 Å². The average molecular weight is 275 g/mol. The minimum atomic E-state index is -0.555. The van der Waals surface area contributed by atoms with Gasteiger partial charge in [-0.05, 0) is 24.8 Å². The first-order valence-corrected chi connectivity index (χ1v) is 6.96. The zero-order chi connectivity index (χ0) is 14.7. The monoisotopic (exact) mass is 275 g/mol. The number of hydrogen-bond donors (Lipinski definition) is 0. The van der Waals surface area contributed by atoms with Crippen molar-refractivity contribution in [2.24, 2.45) is 11.8 Å². The predicted octanol–water partition coefficient (Wildman–Crippen LogP) is 2.23. The number of methoxy groups -OCH3 is 1. The number of carbonyl (C=O) groups excluding carboxylic acids is 2. The molecule has 0 saturated heterocycles. The summed E-state index contributed by atoms with van der Waals surface area (Å²) in [5, 5.41) is 0. The van der Waals surface area contributed by atoms with E-state index in [0.29, 0.717) is 12.5 Å². The van der Waals surface area contributed by atoms with Crippen molar-refractivity contribution in [3.8, 4) is 0 Å². The molecule has 0 spiro atoms. The summed E-state index contributed by atoms with van der Waals surface area (Å²) >= 11 is 0. The summed E-state index contributed by atoms with van der Waals surface area (Å²) in [7, 11) is 1.35. The van der Waals surface area contributed by atoms with Gasteiger partial charge in [-0.2, -0.15) is 0 Å². The van der Waals surface area contributed by atoms with E-state index < -0.39 is 6.04 Å². The molecule has 0 radical (unpaired) electrons. The molecule has 4 nitrogen and oxygen atoms in total. The number of ether oxygens (including phenoxy) is 1. The summed E-state index contributed by atoms with van der Waals surface area (Å²) in [6.45, 7) is 4.23. The fourth-order valence-corrected chi connectivity index (χ4v) is 2.36. The number of nitrogens with zero attached hydrogens (tertiary/aromatic N) is 1. The van der Waals surface area contributed by atoms with Crippen LogP contribution in [0.15, 0.2) is 30.3 Å². The molecule has 1 aromatic rings. The summed E-state index contributed by atoms with van der Waals surface area (Å²) < 4.78 is 4.77. The van der Waals surface area contributed by atoms with Gasteiger partial charge >= 0.3 is 5.97 Å². The van der Waals surface area contributed by atoms with Crippen molar-refractivity contribution in [1.29, 1.82) is 0 Å². The van der Waals surface area contributed by atoms with E-state index in [1.165, 1.54) is 7.11 Å². The van der Waals surface area contributed by atoms with E-state index >= 15 is 0 Å². The summed E-state index contributed by atoms with van der Waals surface area (Å²) in [5.74, 6) is 0.165. The first kappa shape index (κ1) is 14.6. The van der Waals surface area contributed by atoms with Crippen LogP contribution in [0.4, 0.5) is 0 Å². The van der Waals surface area contributed by atoms with Gasteiger partial charge in [0.15, 0.2) is 0 Å². The van der Waals surface area contributed by atoms with Crippen LogP contribution in [0.25, 0.3) is 0 Å². The zero-order valence-electron chi connectivity index (χ0n) is 12.2. The van der Waals surface area contributed by atoms with Crippen molar-refractivity contribution < 1.29 is 14.3 Å². The number of hydrogen-bond acceptors (Lipinski definition) is 3. The van der Waals surface area contributed by atoms with E-state index in [1.54, 1.807) is 11.8 Å². The molecule has 20 heavy (non-hydrogen) atoms. The molecule has 4 heteroatoms. The van der Waals surface area contributed by atoms with E-state index in [9.17, 15) is 9.59 Å². The fraction of sp³-hybridized carbons (Fsp3) is 0.500. The van der Waals surface area contributed by atoms with Crippen molar-refractivity contribution in [2.45, 2.75) is 32.9 Å². The van der Waals surface area contributed by atoms with Gasteiger partial charge in [0.2, 0.25) is 5.91 Å². The Kier molecular flexibility index (Phi) is 4.42. The molecule has 0 aromatic heterocycles. The SMILES string of the molecule is COC(=O)[C@H](C)N(Cc1ccccc1)C(=O)[C@H]1C[C@H]1C. The lowest BCUT2D eigenvalue weighted by atomic mass is 10.1. The first-order valence-electron chi connectivity index (χ1n) is 6.96. The molecule has 1 aliphatic rings. The van der Waals surface area contributed by atoms with E-state index in [-0.39, 0.29) is 17.8 Å². The van der Waals surface area contributed by atoms with E-state index in [1.807, 2.05) is 30.3 Å². The Labute approximate surface area is 119 Å². The van der Waals surface area contributed by atoms with Gasteiger partial charge in [0, 0.05) is 12.5 Å². The first-order chi connectivity index (χ1) is 9.54. The molecular weight excluding hydrogens is 254 g/mol. The third kappa shape index (κ3) is 3.18. The van der Waals surface area contributed by atoms with E-state index in [0.717, 1.165) is 12.0 Å². The highest BCUT2D eigenvalue weighted by molar-refractivity contribution is 5.87. The number of esters is 1. The van der Waals surface area contributed by atoms with E-state index in [2.05, 4.69) is 6.92 Å². The Bertz CT molecular complexity index is 486. The Morgan fingerprint density at radius 3 is 2.45 bits per heavy atom. The molecule has 0 N–H and O–H groups in total. The van der Waals surface area contributed by atoms with Gasteiger partial charge in [0.05, 0.1) is 7.11 Å². The number of benzene rings is 1. The van der Waals surface area contributed by atoms with Crippen LogP contribution < -0.4 is 0 Å². The molecular formula is C16H21NO3. The third-order valence-electron chi connectivity index (χ3n) is 3.92. The normalized spacial score (nSPS) is 21.9. The molecule has 1 aliphatic carbocycles. The standard InChI is InChI=1S/C16H21NO3/c1-11-9-14(11)15(18)17(12(2)16(19)20-3)10-13-7-5-4-6-8-13/h4-8,11-12,14H,9-10H2,1-3H3/t11-,12+,14+/m1/s1. The predicted molar refractivity (Wildman–Crippen MR) is 75.7 cm³/mol. The van der Waals surface area contributed by atoms with Crippen molar-refractivity contribution in [3.63, 3.8) is 0 Å². The minimum absolute atomic E-state index is 0.0549. The molecule has 0 heterocycles. The van der Waals surface area contributed by atoms with Crippen LogP contribution in [0.1, 0.15) is 25.8 Å². The van der Waals surface area contributed by atoms with Crippen LogP contribution in [0, 0.1) is 11.8 Å². The fourth-order valence-electron chi connectivity index (χ4n) is 2.36. The summed E-state index contributed by atoms with van der Waals surface area (Å²) in [6, 6.07) is 9.16. The van der Waals surface area contributed by atoms with Crippen LogP contribution >= 0.6 is 0 Å². The number of amides is 1. The maximum absolute atomic E-state index is 12.5. The lowest BCUT2D eigenvalue weighted by Crippen LogP contribution is -2.44. The molecule has 2 rings (SSSR count). The Morgan fingerprint density at radius 1 is 1.35 bits per heavy atom. The molecule has 1 fully saturated rings. The lowest BCUT2D eigenvalue weighted by Gasteiger charge is -2.28. The van der Waals surface area contributed by atoms with Gasteiger partial charge in [0.25, 0.3) is 0 Å². The van der Waals surface area contributed by atoms with E-state index in [4.69, 9.17) is 4.74 Å². The maximum atomic E-state index is 12.5. The zero-order valence-corrected chi connectivity index (χ0v) is 12.2. The summed E-state index contributed by atoms with van der Waals surface area (Å²) in [4.78, 5) is 25.9. The van der Waals surface area contributed by atoms with Crippen molar-refractivity contribution in [2.75, 3.05) is 7.11 Å². The second-order valence-electron chi connectivity index (χ2n) is 5.47. The van der Waals surface area contributed by atoms with Crippen LogP contribution in [0.3, 0.4) is 0 Å². The molecule has 1 amide bonds. The van der Waals surface area contributed by atoms with Crippen LogP contribution in [0.5, 0.6) is 0 Å². The Hall–Kier alpha value is -1.84. The summed E-state index contributed by atoms with van der Waals surface area (Å²) in [6.07, 6.45) is 0.915. The lowest BCUT2D eigenvalue weighted by molar-refractivity contribution is -0.153. The summed E-state index contributed by atoms with van der Waals surface area (Å²) in [5.41, 5.74) is 1.02. The van der Waals surface area contributed by atoms with Crippen molar-refractivity contribution in [3.05, 3.63) is 35.9 Å². The quantitative estimate of drug-likeness (QED) is 0.774. The molecule has 0 aliphatic heterocycles. The molecule has 1 aromatic carbocycles. The minimum Gasteiger partial charge on any atom is -0.467 e. The van der Waals surface area contributed by atoms with Gasteiger partial charge in [-0.1, -0.05) is 37.3 Å². The van der Waals surface area contributed by atoms with Crippen LogP contribution in [-0.4, -0.2) is 29.9 Å². The van der Waals surface area contributed by atoms with Crippen LogP contribution in [0.2, 0.25) is 0 Å². The van der Waals surface area contributed by atoms with Gasteiger partial charge < -0.3 is 9.64 Å². The molecule has 0 unspecified atom stereocenters. The molecule has 3 atom stereocenters. The Balaban J connectivity index is 2.15. The van der Waals surface area contributed by atoms with Gasteiger partial charge in [-0.25, -0.2) is 4.79 Å². The smallest absolute Gasteiger partial charge is 0.328 e. The highest BCUT2D eigenvalue weighted by Gasteiger charge is 2.43. The highest BCUT2D eigenvalue weighted by atomic mass is 16.5. The Morgan fingerprint density at radius 2 is 1.95 bits per heavy atom. The van der Waals surface area contributed by atoms with Crippen LogP contribution in [-0.2, 0) is 20.9 Å². The van der Waals surface area contributed by atoms with Crippen molar-refractivity contribution in [1.82, 2.24) is 4.90 Å².